The van der Waals surface area contributed by atoms with Crippen molar-refractivity contribution in [2.45, 2.75) is 65.2 Å². The Morgan fingerprint density at radius 1 is 0.469 bits per heavy atom. The molecule has 0 amide bonds. The first kappa shape index (κ1) is 19.8. The van der Waals surface area contributed by atoms with Crippen LogP contribution < -0.4 is 0 Å². The van der Waals surface area contributed by atoms with Crippen molar-refractivity contribution >= 4 is 10.8 Å². The van der Waals surface area contributed by atoms with E-state index < -0.39 is 0 Å². The molecule has 0 bridgehead atoms. The zero-order chi connectivity index (χ0) is 22.4. The van der Waals surface area contributed by atoms with E-state index in [0.29, 0.717) is 0 Å². The van der Waals surface area contributed by atoms with E-state index >= 15 is 0 Å². The second-order valence-electron chi connectivity index (χ2n) is 11.9. The van der Waals surface area contributed by atoms with Crippen LogP contribution in [0.3, 0.4) is 0 Å². The van der Waals surface area contributed by atoms with Gasteiger partial charge in [-0.25, -0.2) is 0 Å². The van der Waals surface area contributed by atoms with Crippen LogP contribution in [-0.4, -0.2) is 0 Å². The molecular weight excluding hydrogens is 384 g/mol. The SMILES string of the molecule is CC(C)(C)c1ccc2c(c1)-c1ccc3c4c(ccc3c1C2)-c1cc(C(C)(C)C)ccc1C4. The van der Waals surface area contributed by atoms with Crippen molar-refractivity contribution in [2.75, 3.05) is 0 Å². The molecule has 0 saturated heterocycles. The molecule has 160 valence electrons. The molecule has 2 aliphatic carbocycles. The van der Waals surface area contributed by atoms with E-state index in [1.54, 1.807) is 0 Å². The quantitative estimate of drug-likeness (QED) is 0.232. The predicted molar refractivity (Wildman–Crippen MR) is 138 cm³/mol. The van der Waals surface area contributed by atoms with Crippen molar-refractivity contribution in [2.24, 2.45) is 0 Å². The molecule has 0 nitrogen and oxygen atoms in total. The summed E-state index contributed by atoms with van der Waals surface area (Å²) < 4.78 is 0. The van der Waals surface area contributed by atoms with Crippen LogP contribution in [0.25, 0.3) is 33.0 Å². The Bertz CT molecular complexity index is 1310. The average molecular weight is 417 g/mol. The van der Waals surface area contributed by atoms with Gasteiger partial charge in [0, 0.05) is 0 Å². The lowest BCUT2D eigenvalue weighted by Crippen LogP contribution is -2.10. The van der Waals surface area contributed by atoms with Crippen molar-refractivity contribution in [3.63, 3.8) is 0 Å². The minimum Gasteiger partial charge on any atom is -0.0582 e. The van der Waals surface area contributed by atoms with Gasteiger partial charge in [-0.1, -0.05) is 102 Å². The Hall–Kier alpha value is -2.86. The molecule has 0 atom stereocenters. The van der Waals surface area contributed by atoms with Gasteiger partial charge >= 0.3 is 0 Å². The monoisotopic (exact) mass is 416 g/mol. The molecule has 0 fully saturated rings. The lowest BCUT2D eigenvalue weighted by Gasteiger charge is -2.20. The number of rotatable bonds is 0. The molecule has 2 aliphatic rings. The highest BCUT2D eigenvalue weighted by Crippen LogP contribution is 2.47. The van der Waals surface area contributed by atoms with Crippen LogP contribution in [0.5, 0.6) is 0 Å². The van der Waals surface area contributed by atoms with Crippen LogP contribution in [0, 0.1) is 0 Å². The van der Waals surface area contributed by atoms with E-state index in [0.717, 1.165) is 12.8 Å². The minimum absolute atomic E-state index is 0.174. The van der Waals surface area contributed by atoms with Gasteiger partial charge in [-0.3, -0.25) is 0 Å². The zero-order valence-corrected chi connectivity index (χ0v) is 20.2. The van der Waals surface area contributed by atoms with Crippen LogP contribution in [0.2, 0.25) is 0 Å². The summed E-state index contributed by atoms with van der Waals surface area (Å²) >= 11 is 0. The molecule has 0 heteroatoms. The largest absolute Gasteiger partial charge is 0.0582 e. The number of hydrogen-bond donors (Lipinski definition) is 0. The third-order valence-electron chi connectivity index (χ3n) is 7.69. The maximum Gasteiger partial charge on any atom is -0.000728 e. The van der Waals surface area contributed by atoms with Gasteiger partial charge in [0.15, 0.2) is 0 Å². The summed E-state index contributed by atoms with van der Waals surface area (Å²) in [6, 6.07) is 23.8. The lowest BCUT2D eigenvalue weighted by atomic mass is 9.85. The van der Waals surface area contributed by atoms with Crippen molar-refractivity contribution in [1.29, 1.82) is 0 Å². The molecule has 0 aliphatic heterocycles. The first-order valence-corrected chi connectivity index (χ1v) is 12.0. The molecule has 32 heavy (non-hydrogen) atoms. The molecule has 0 N–H and O–H groups in total. The normalized spacial score (nSPS) is 14.3. The Morgan fingerprint density at radius 2 is 0.875 bits per heavy atom. The average Bonchev–Trinajstić information content (AvgIpc) is 3.29. The van der Waals surface area contributed by atoms with Gasteiger partial charge in [-0.2, -0.15) is 0 Å². The topological polar surface area (TPSA) is 0 Å². The van der Waals surface area contributed by atoms with E-state index in [1.165, 1.54) is 66.4 Å². The first-order valence-electron chi connectivity index (χ1n) is 12.0. The summed E-state index contributed by atoms with van der Waals surface area (Å²) in [5, 5.41) is 2.89. The van der Waals surface area contributed by atoms with E-state index in [4.69, 9.17) is 0 Å². The fraction of sp³-hybridized carbons (Fsp3) is 0.312. The van der Waals surface area contributed by atoms with E-state index in [-0.39, 0.29) is 10.8 Å². The molecule has 0 aromatic heterocycles. The van der Waals surface area contributed by atoms with Gasteiger partial charge in [0.05, 0.1) is 0 Å². The smallest absolute Gasteiger partial charge is 0.000728 e. The third-order valence-corrected chi connectivity index (χ3v) is 7.69. The number of hydrogen-bond acceptors (Lipinski definition) is 0. The lowest BCUT2D eigenvalue weighted by molar-refractivity contribution is 0.590. The Labute approximate surface area is 192 Å². The fourth-order valence-electron chi connectivity index (χ4n) is 5.69. The summed E-state index contributed by atoms with van der Waals surface area (Å²) in [5.41, 5.74) is 14.9. The second-order valence-corrected chi connectivity index (χ2v) is 11.9. The summed E-state index contributed by atoms with van der Waals surface area (Å²) in [7, 11) is 0. The van der Waals surface area contributed by atoms with Crippen molar-refractivity contribution in [1.82, 2.24) is 0 Å². The molecule has 0 saturated carbocycles. The third kappa shape index (κ3) is 2.82. The van der Waals surface area contributed by atoms with Gasteiger partial charge in [0.1, 0.15) is 0 Å². The minimum atomic E-state index is 0.174. The number of benzene rings is 4. The van der Waals surface area contributed by atoms with Crippen molar-refractivity contribution in [3.05, 3.63) is 94.0 Å². The highest BCUT2D eigenvalue weighted by atomic mass is 14.3. The molecule has 0 unspecified atom stereocenters. The summed E-state index contributed by atoms with van der Waals surface area (Å²) in [4.78, 5) is 0. The highest BCUT2D eigenvalue weighted by Gasteiger charge is 2.27. The van der Waals surface area contributed by atoms with Gasteiger partial charge in [0.25, 0.3) is 0 Å². The molecule has 4 aromatic rings. The fourth-order valence-corrected chi connectivity index (χ4v) is 5.69. The molecule has 0 heterocycles. The van der Waals surface area contributed by atoms with Gasteiger partial charge in [-0.15, -0.1) is 0 Å². The van der Waals surface area contributed by atoms with E-state index in [9.17, 15) is 0 Å². The van der Waals surface area contributed by atoms with Crippen LogP contribution in [0.15, 0.2) is 60.7 Å². The van der Waals surface area contributed by atoms with Gasteiger partial charge < -0.3 is 0 Å². The Morgan fingerprint density at radius 3 is 1.25 bits per heavy atom. The second kappa shape index (κ2) is 6.35. The van der Waals surface area contributed by atoms with Crippen LogP contribution in [0.1, 0.15) is 74.9 Å². The maximum atomic E-state index is 2.43. The van der Waals surface area contributed by atoms with E-state index in [1.807, 2.05) is 0 Å². The highest BCUT2D eigenvalue weighted by molar-refractivity contribution is 6.01. The van der Waals surface area contributed by atoms with Crippen LogP contribution >= 0.6 is 0 Å². The molecular formula is C32H32. The summed E-state index contributed by atoms with van der Waals surface area (Å²) in [5.74, 6) is 0. The molecule has 0 radical (unpaired) electrons. The standard InChI is InChI=1S/C32H32/c1-31(2,3)21-9-7-19-15-29-23-12-14-26-28-18-22(32(4,5)6)10-8-20(28)16-30(26)24(23)11-13-25(29)27(19)17-21/h7-14,17-18H,15-16H2,1-6H3. The molecule has 4 aromatic carbocycles. The number of fused-ring (bicyclic) bond motifs is 9. The first-order chi connectivity index (χ1) is 15.1. The van der Waals surface area contributed by atoms with Crippen molar-refractivity contribution in [3.8, 4) is 22.3 Å². The molecule has 6 rings (SSSR count). The van der Waals surface area contributed by atoms with Crippen LogP contribution in [-0.2, 0) is 23.7 Å². The zero-order valence-electron chi connectivity index (χ0n) is 20.2. The maximum absolute atomic E-state index is 2.43. The molecule has 0 spiro atoms. The van der Waals surface area contributed by atoms with E-state index in [2.05, 4.69) is 102 Å². The van der Waals surface area contributed by atoms with Gasteiger partial charge in [-0.05, 0) is 90.1 Å². The van der Waals surface area contributed by atoms with Crippen molar-refractivity contribution < 1.29 is 0 Å². The summed E-state index contributed by atoms with van der Waals surface area (Å²) in [6.45, 7) is 13.8. The Balaban J connectivity index is 1.51. The van der Waals surface area contributed by atoms with Gasteiger partial charge in [0.2, 0.25) is 0 Å². The Kier molecular flexibility index (Phi) is 3.93. The summed E-state index contributed by atoms with van der Waals surface area (Å²) in [6.07, 6.45) is 2.10. The van der Waals surface area contributed by atoms with Crippen LogP contribution in [0.4, 0.5) is 0 Å². The predicted octanol–water partition coefficient (Wildman–Crippen LogP) is 8.58.